The standard InChI is InChI=1S/C13H20N2O2/c1-13(2,3)9-15-12(16)8-17-11-7-5-4-6-10(11)14/h4-7H,8-9,14H2,1-3H3,(H,15,16). The third-order valence-electron chi connectivity index (χ3n) is 2.09. The number of amides is 1. The predicted octanol–water partition coefficient (Wildman–Crippen LogP) is 1.81. The SMILES string of the molecule is CC(C)(C)CNC(=O)COc1ccccc1N. The van der Waals surface area contributed by atoms with Gasteiger partial charge < -0.3 is 15.8 Å². The van der Waals surface area contributed by atoms with Gasteiger partial charge in [0.05, 0.1) is 5.69 Å². The minimum absolute atomic E-state index is 0.00963. The van der Waals surface area contributed by atoms with Crippen LogP contribution in [-0.4, -0.2) is 19.1 Å². The molecular formula is C13H20N2O2. The molecule has 3 N–H and O–H groups in total. The van der Waals surface area contributed by atoms with Crippen LogP contribution in [-0.2, 0) is 4.79 Å². The van der Waals surface area contributed by atoms with Crippen LogP contribution in [0.4, 0.5) is 5.69 Å². The minimum Gasteiger partial charge on any atom is -0.482 e. The second-order valence-electron chi connectivity index (χ2n) is 5.16. The number of anilines is 1. The van der Waals surface area contributed by atoms with Gasteiger partial charge in [-0.05, 0) is 17.5 Å². The van der Waals surface area contributed by atoms with E-state index in [4.69, 9.17) is 10.5 Å². The zero-order chi connectivity index (χ0) is 12.9. The molecule has 0 aliphatic carbocycles. The maximum atomic E-state index is 11.5. The van der Waals surface area contributed by atoms with Crippen molar-refractivity contribution in [1.82, 2.24) is 5.32 Å². The summed E-state index contributed by atoms with van der Waals surface area (Å²) < 4.78 is 5.33. The van der Waals surface area contributed by atoms with E-state index in [1.165, 1.54) is 0 Å². The molecule has 4 nitrogen and oxygen atoms in total. The summed E-state index contributed by atoms with van der Waals surface area (Å²) in [5.41, 5.74) is 6.30. The van der Waals surface area contributed by atoms with E-state index in [0.717, 1.165) is 0 Å². The van der Waals surface area contributed by atoms with Crippen molar-refractivity contribution in [2.24, 2.45) is 5.41 Å². The first kappa shape index (κ1) is 13.4. The van der Waals surface area contributed by atoms with E-state index in [-0.39, 0.29) is 17.9 Å². The normalized spacial score (nSPS) is 11.0. The number of nitrogen functional groups attached to an aromatic ring is 1. The van der Waals surface area contributed by atoms with Gasteiger partial charge in [-0.25, -0.2) is 0 Å². The number of ether oxygens (including phenoxy) is 1. The first-order chi connectivity index (χ1) is 7.88. The van der Waals surface area contributed by atoms with Crippen molar-refractivity contribution < 1.29 is 9.53 Å². The van der Waals surface area contributed by atoms with E-state index in [1.807, 2.05) is 12.1 Å². The van der Waals surface area contributed by atoms with Gasteiger partial charge in [0.2, 0.25) is 0 Å². The maximum Gasteiger partial charge on any atom is 0.257 e. The monoisotopic (exact) mass is 236 g/mol. The fourth-order valence-corrected chi connectivity index (χ4v) is 1.17. The second kappa shape index (κ2) is 5.57. The van der Waals surface area contributed by atoms with Crippen molar-refractivity contribution in [3.63, 3.8) is 0 Å². The molecule has 4 heteroatoms. The van der Waals surface area contributed by atoms with Gasteiger partial charge in [0, 0.05) is 6.54 Å². The van der Waals surface area contributed by atoms with E-state index in [9.17, 15) is 4.79 Å². The smallest absolute Gasteiger partial charge is 0.257 e. The third-order valence-corrected chi connectivity index (χ3v) is 2.09. The molecule has 0 aliphatic rings. The molecule has 0 radical (unpaired) electrons. The summed E-state index contributed by atoms with van der Waals surface area (Å²) in [6.45, 7) is 6.79. The van der Waals surface area contributed by atoms with Gasteiger partial charge in [0.1, 0.15) is 5.75 Å². The summed E-state index contributed by atoms with van der Waals surface area (Å²) in [4.78, 5) is 11.5. The molecule has 1 amide bonds. The third kappa shape index (κ3) is 5.24. The number of nitrogens with one attached hydrogen (secondary N) is 1. The van der Waals surface area contributed by atoms with E-state index in [1.54, 1.807) is 12.1 Å². The summed E-state index contributed by atoms with van der Waals surface area (Å²) in [6, 6.07) is 7.12. The number of para-hydroxylation sites is 2. The minimum atomic E-state index is -0.136. The van der Waals surface area contributed by atoms with Crippen LogP contribution in [0.3, 0.4) is 0 Å². The molecule has 0 aliphatic heterocycles. The maximum absolute atomic E-state index is 11.5. The largest absolute Gasteiger partial charge is 0.482 e. The highest BCUT2D eigenvalue weighted by Crippen LogP contribution is 2.19. The first-order valence-corrected chi connectivity index (χ1v) is 5.62. The summed E-state index contributed by atoms with van der Waals surface area (Å²) in [5, 5.41) is 2.81. The van der Waals surface area contributed by atoms with Crippen LogP contribution in [0.15, 0.2) is 24.3 Å². The fourth-order valence-electron chi connectivity index (χ4n) is 1.17. The highest BCUT2D eigenvalue weighted by molar-refractivity contribution is 5.77. The van der Waals surface area contributed by atoms with Gasteiger partial charge in [0.15, 0.2) is 6.61 Å². The molecule has 0 aromatic heterocycles. The van der Waals surface area contributed by atoms with Gasteiger partial charge in [0.25, 0.3) is 5.91 Å². The Balaban J connectivity index is 2.36. The van der Waals surface area contributed by atoms with Crippen LogP contribution in [0.5, 0.6) is 5.75 Å². The van der Waals surface area contributed by atoms with Crippen LogP contribution in [0.25, 0.3) is 0 Å². The number of carbonyl (C=O) groups is 1. The Morgan fingerprint density at radius 3 is 2.59 bits per heavy atom. The summed E-state index contributed by atoms with van der Waals surface area (Å²) in [6.07, 6.45) is 0. The van der Waals surface area contributed by atoms with Crippen molar-refractivity contribution in [2.75, 3.05) is 18.9 Å². The first-order valence-electron chi connectivity index (χ1n) is 5.62. The van der Waals surface area contributed by atoms with Gasteiger partial charge in [-0.3, -0.25) is 4.79 Å². The molecule has 94 valence electrons. The molecule has 0 bridgehead atoms. The van der Waals surface area contributed by atoms with E-state index in [0.29, 0.717) is 18.0 Å². The number of hydrogen-bond acceptors (Lipinski definition) is 3. The molecule has 1 aromatic rings. The molecule has 1 aromatic carbocycles. The molecule has 0 saturated heterocycles. The number of rotatable bonds is 4. The zero-order valence-electron chi connectivity index (χ0n) is 10.6. The Hall–Kier alpha value is -1.71. The zero-order valence-corrected chi connectivity index (χ0v) is 10.6. The quantitative estimate of drug-likeness (QED) is 0.784. The summed E-state index contributed by atoms with van der Waals surface area (Å²) in [5.74, 6) is 0.404. The lowest BCUT2D eigenvalue weighted by molar-refractivity contribution is -0.123. The molecule has 0 spiro atoms. The van der Waals surface area contributed by atoms with Crippen LogP contribution in [0, 0.1) is 5.41 Å². The Labute approximate surface area is 102 Å². The van der Waals surface area contributed by atoms with Crippen molar-refractivity contribution in [3.05, 3.63) is 24.3 Å². The second-order valence-corrected chi connectivity index (χ2v) is 5.16. The lowest BCUT2D eigenvalue weighted by Crippen LogP contribution is -2.35. The predicted molar refractivity (Wildman–Crippen MR) is 68.8 cm³/mol. The van der Waals surface area contributed by atoms with E-state index < -0.39 is 0 Å². The van der Waals surface area contributed by atoms with Gasteiger partial charge >= 0.3 is 0 Å². The highest BCUT2D eigenvalue weighted by atomic mass is 16.5. The molecule has 0 atom stereocenters. The summed E-state index contributed by atoms with van der Waals surface area (Å²) in [7, 11) is 0. The fraction of sp³-hybridized carbons (Fsp3) is 0.462. The topological polar surface area (TPSA) is 64.3 Å². The molecule has 0 heterocycles. The van der Waals surface area contributed by atoms with Gasteiger partial charge in [-0.2, -0.15) is 0 Å². The van der Waals surface area contributed by atoms with E-state index in [2.05, 4.69) is 26.1 Å². The van der Waals surface area contributed by atoms with Crippen molar-refractivity contribution in [2.45, 2.75) is 20.8 Å². The average Bonchev–Trinajstić information content (AvgIpc) is 2.24. The number of hydrogen-bond donors (Lipinski definition) is 2. The van der Waals surface area contributed by atoms with Crippen molar-refractivity contribution >= 4 is 11.6 Å². The van der Waals surface area contributed by atoms with Crippen molar-refractivity contribution in [3.8, 4) is 5.75 Å². The van der Waals surface area contributed by atoms with Crippen LogP contribution in [0.2, 0.25) is 0 Å². The Bertz CT molecular complexity index is 383. The molecule has 0 unspecified atom stereocenters. The average molecular weight is 236 g/mol. The molecule has 1 rings (SSSR count). The number of benzene rings is 1. The van der Waals surface area contributed by atoms with E-state index >= 15 is 0 Å². The molecule has 0 saturated carbocycles. The summed E-state index contributed by atoms with van der Waals surface area (Å²) >= 11 is 0. The van der Waals surface area contributed by atoms with Crippen molar-refractivity contribution in [1.29, 1.82) is 0 Å². The lowest BCUT2D eigenvalue weighted by Gasteiger charge is -2.18. The van der Waals surface area contributed by atoms with Crippen LogP contribution in [0.1, 0.15) is 20.8 Å². The van der Waals surface area contributed by atoms with Gasteiger partial charge in [-0.1, -0.05) is 32.9 Å². The Kier molecular flexibility index (Phi) is 4.37. The van der Waals surface area contributed by atoms with Gasteiger partial charge in [-0.15, -0.1) is 0 Å². The Morgan fingerprint density at radius 2 is 2.00 bits per heavy atom. The molecule has 17 heavy (non-hydrogen) atoms. The molecule has 0 fully saturated rings. The number of carbonyl (C=O) groups excluding carboxylic acids is 1. The molecular weight excluding hydrogens is 216 g/mol. The lowest BCUT2D eigenvalue weighted by atomic mass is 9.97. The van der Waals surface area contributed by atoms with Crippen LogP contribution < -0.4 is 15.8 Å². The Morgan fingerprint density at radius 1 is 1.35 bits per heavy atom. The number of nitrogens with two attached hydrogens (primary N) is 1. The highest BCUT2D eigenvalue weighted by Gasteiger charge is 2.12. The van der Waals surface area contributed by atoms with Crippen LogP contribution >= 0.6 is 0 Å².